The van der Waals surface area contributed by atoms with Crippen LogP contribution in [0.1, 0.15) is 35.7 Å². The van der Waals surface area contributed by atoms with Gasteiger partial charge in [-0.15, -0.1) is 0 Å². The zero-order chi connectivity index (χ0) is 20.1. The van der Waals surface area contributed by atoms with Crippen molar-refractivity contribution in [2.75, 3.05) is 24.5 Å². The Morgan fingerprint density at radius 3 is 2.61 bits per heavy atom. The fourth-order valence-electron chi connectivity index (χ4n) is 3.57. The molecule has 0 radical (unpaired) electrons. The summed E-state index contributed by atoms with van der Waals surface area (Å²) in [5.74, 6) is -0.0767. The number of carbonyl (C=O) groups is 2. The molecule has 1 heterocycles. The molecule has 146 valence electrons. The molecule has 1 unspecified atom stereocenters. The van der Waals surface area contributed by atoms with Crippen molar-refractivity contribution >= 4 is 23.1 Å². The average Bonchev–Trinajstić information content (AvgIpc) is 2.72. The lowest BCUT2D eigenvalue weighted by Gasteiger charge is -2.34. The predicted molar refractivity (Wildman–Crippen MR) is 107 cm³/mol. The highest BCUT2D eigenvalue weighted by molar-refractivity contribution is 6.09. The lowest BCUT2D eigenvalue weighted by molar-refractivity contribution is -0.384. The van der Waals surface area contributed by atoms with Gasteiger partial charge in [0.15, 0.2) is 5.78 Å². The first-order valence-electron chi connectivity index (χ1n) is 9.33. The first kappa shape index (κ1) is 19.5. The van der Waals surface area contributed by atoms with Crippen molar-refractivity contribution in [2.45, 2.75) is 19.8 Å². The van der Waals surface area contributed by atoms with Crippen LogP contribution in [0, 0.1) is 16.0 Å². The van der Waals surface area contributed by atoms with Crippen LogP contribution in [0.4, 0.5) is 11.4 Å². The molecule has 3 rings (SSSR count). The number of hydrogen-bond acceptors (Lipinski definition) is 5. The van der Waals surface area contributed by atoms with E-state index in [4.69, 9.17) is 0 Å². The van der Waals surface area contributed by atoms with E-state index in [0.29, 0.717) is 36.4 Å². The molecule has 7 heteroatoms. The molecule has 1 N–H and O–H groups in total. The maximum absolute atomic E-state index is 12.6. The van der Waals surface area contributed by atoms with E-state index >= 15 is 0 Å². The summed E-state index contributed by atoms with van der Waals surface area (Å²) in [6.45, 7) is 3.38. The van der Waals surface area contributed by atoms with Crippen molar-refractivity contribution in [2.24, 2.45) is 5.92 Å². The van der Waals surface area contributed by atoms with Gasteiger partial charge in [0.05, 0.1) is 4.92 Å². The van der Waals surface area contributed by atoms with Gasteiger partial charge < -0.3 is 10.2 Å². The third-order valence-corrected chi connectivity index (χ3v) is 4.97. The molecular weight excluding hydrogens is 358 g/mol. The smallest absolute Gasteiger partial charge is 0.293 e. The maximum Gasteiger partial charge on any atom is 0.293 e. The van der Waals surface area contributed by atoms with E-state index in [-0.39, 0.29) is 23.3 Å². The predicted octanol–water partition coefficient (Wildman–Crippen LogP) is 3.18. The number of amides is 1. The van der Waals surface area contributed by atoms with Gasteiger partial charge in [-0.2, -0.15) is 0 Å². The minimum atomic E-state index is -0.436. The van der Waals surface area contributed by atoms with Crippen LogP contribution in [0.5, 0.6) is 0 Å². The molecule has 0 bridgehead atoms. The molecule has 28 heavy (non-hydrogen) atoms. The molecule has 1 aliphatic heterocycles. The van der Waals surface area contributed by atoms with Crippen LogP contribution >= 0.6 is 0 Å². The van der Waals surface area contributed by atoms with Crippen LogP contribution in [0.15, 0.2) is 48.5 Å². The van der Waals surface area contributed by atoms with Gasteiger partial charge in [-0.1, -0.05) is 30.3 Å². The van der Waals surface area contributed by atoms with E-state index in [1.165, 1.54) is 13.0 Å². The lowest BCUT2D eigenvalue weighted by atomic mass is 9.96. The van der Waals surface area contributed by atoms with Crippen molar-refractivity contribution < 1.29 is 14.5 Å². The van der Waals surface area contributed by atoms with Crippen LogP contribution in [0.25, 0.3) is 0 Å². The molecule has 0 aliphatic carbocycles. The Morgan fingerprint density at radius 2 is 1.93 bits per heavy atom. The first-order chi connectivity index (χ1) is 13.5. The van der Waals surface area contributed by atoms with Crippen LogP contribution in [-0.4, -0.2) is 36.2 Å². The summed E-state index contributed by atoms with van der Waals surface area (Å²) in [4.78, 5) is 37.0. The van der Waals surface area contributed by atoms with Crippen molar-refractivity contribution in [3.63, 3.8) is 0 Å². The highest BCUT2D eigenvalue weighted by Gasteiger charge is 2.27. The van der Waals surface area contributed by atoms with Gasteiger partial charge in [-0.3, -0.25) is 19.7 Å². The van der Waals surface area contributed by atoms with Gasteiger partial charge in [-0.05, 0) is 30.9 Å². The number of carbonyl (C=O) groups excluding carboxylic acids is 2. The van der Waals surface area contributed by atoms with Gasteiger partial charge in [-0.25, -0.2) is 0 Å². The van der Waals surface area contributed by atoms with Gasteiger partial charge in [0.2, 0.25) is 5.91 Å². The zero-order valence-corrected chi connectivity index (χ0v) is 15.8. The third kappa shape index (κ3) is 4.54. The summed E-state index contributed by atoms with van der Waals surface area (Å²) in [7, 11) is 0. The van der Waals surface area contributed by atoms with Gasteiger partial charge in [0.1, 0.15) is 5.69 Å². The third-order valence-electron chi connectivity index (χ3n) is 4.97. The highest BCUT2D eigenvalue weighted by atomic mass is 16.6. The van der Waals surface area contributed by atoms with Crippen LogP contribution in [-0.2, 0) is 4.79 Å². The number of ketones is 1. The van der Waals surface area contributed by atoms with E-state index in [0.717, 1.165) is 12.8 Å². The summed E-state index contributed by atoms with van der Waals surface area (Å²) >= 11 is 0. The SMILES string of the molecule is CC(=O)NCC1CCCN(c2ccc(C(=O)c3ccccc3)cc2[N+](=O)[O-])C1. The van der Waals surface area contributed by atoms with Gasteiger partial charge in [0, 0.05) is 43.8 Å². The highest BCUT2D eigenvalue weighted by Crippen LogP contribution is 2.33. The maximum atomic E-state index is 12.6. The average molecular weight is 381 g/mol. The zero-order valence-electron chi connectivity index (χ0n) is 15.8. The Balaban J connectivity index is 1.84. The standard InChI is InChI=1S/C21H23N3O4/c1-15(25)22-13-16-6-5-11-23(14-16)19-10-9-18(12-20(19)24(27)28)21(26)17-7-3-2-4-8-17/h2-4,7-10,12,16H,5-6,11,13-14H2,1H3,(H,22,25). The van der Waals surface area contributed by atoms with E-state index in [2.05, 4.69) is 5.32 Å². The molecule has 2 aromatic carbocycles. The quantitative estimate of drug-likeness (QED) is 0.471. The second-order valence-electron chi connectivity index (χ2n) is 7.05. The van der Waals surface area contributed by atoms with Crippen LogP contribution in [0.2, 0.25) is 0 Å². The monoisotopic (exact) mass is 381 g/mol. The Morgan fingerprint density at radius 1 is 1.18 bits per heavy atom. The number of rotatable bonds is 6. The van der Waals surface area contributed by atoms with Crippen molar-refractivity contribution in [3.8, 4) is 0 Å². The number of anilines is 1. The molecule has 0 spiro atoms. The fourth-order valence-corrected chi connectivity index (χ4v) is 3.57. The number of hydrogen-bond donors (Lipinski definition) is 1. The summed E-state index contributed by atoms with van der Waals surface area (Å²) in [6.07, 6.45) is 1.86. The topological polar surface area (TPSA) is 92.6 Å². The Hall–Kier alpha value is -3.22. The summed E-state index contributed by atoms with van der Waals surface area (Å²) in [6, 6.07) is 13.4. The second kappa shape index (κ2) is 8.65. The number of nitrogens with one attached hydrogen (secondary N) is 1. The molecule has 1 saturated heterocycles. The summed E-state index contributed by atoms with van der Waals surface area (Å²) in [5.41, 5.74) is 1.25. The van der Waals surface area contributed by atoms with E-state index in [9.17, 15) is 19.7 Å². The number of nitro groups is 1. The van der Waals surface area contributed by atoms with Gasteiger partial charge in [0.25, 0.3) is 5.69 Å². The van der Waals surface area contributed by atoms with E-state index in [1.54, 1.807) is 36.4 Å². The Labute approximate surface area is 163 Å². The number of benzene rings is 2. The molecule has 0 saturated carbocycles. The minimum Gasteiger partial charge on any atom is -0.366 e. The van der Waals surface area contributed by atoms with Gasteiger partial charge >= 0.3 is 0 Å². The summed E-state index contributed by atoms with van der Waals surface area (Å²) in [5, 5.41) is 14.5. The minimum absolute atomic E-state index is 0.0676. The normalized spacial score (nSPS) is 16.5. The summed E-state index contributed by atoms with van der Waals surface area (Å²) < 4.78 is 0. The van der Waals surface area contributed by atoms with E-state index < -0.39 is 4.92 Å². The number of nitrogens with zero attached hydrogens (tertiary/aromatic N) is 2. The fraction of sp³-hybridized carbons (Fsp3) is 0.333. The second-order valence-corrected chi connectivity index (χ2v) is 7.05. The van der Waals surface area contributed by atoms with Crippen LogP contribution in [0.3, 0.4) is 0 Å². The van der Waals surface area contributed by atoms with E-state index in [1.807, 2.05) is 11.0 Å². The van der Waals surface area contributed by atoms with Crippen molar-refractivity contribution in [3.05, 3.63) is 69.8 Å². The molecule has 1 fully saturated rings. The van der Waals surface area contributed by atoms with Crippen molar-refractivity contribution in [1.82, 2.24) is 5.32 Å². The molecule has 0 aromatic heterocycles. The largest absolute Gasteiger partial charge is 0.366 e. The molecule has 1 amide bonds. The van der Waals surface area contributed by atoms with Crippen LogP contribution < -0.4 is 10.2 Å². The molecular formula is C21H23N3O4. The first-order valence-corrected chi connectivity index (χ1v) is 9.33. The Kier molecular flexibility index (Phi) is 6.03. The lowest BCUT2D eigenvalue weighted by Crippen LogP contribution is -2.40. The molecule has 1 aliphatic rings. The molecule has 1 atom stereocenters. The molecule has 7 nitrogen and oxygen atoms in total. The number of nitro benzene ring substituents is 1. The Bertz CT molecular complexity index is 882. The van der Waals surface area contributed by atoms with Crippen molar-refractivity contribution in [1.29, 1.82) is 0 Å². The molecule has 2 aromatic rings. The number of piperidine rings is 1.